The fourth-order valence-corrected chi connectivity index (χ4v) is 1.40. The Morgan fingerprint density at radius 1 is 1.33 bits per heavy atom. The zero-order chi connectivity index (χ0) is 10.8. The second-order valence-electron chi connectivity index (χ2n) is 3.09. The number of anilines is 1. The van der Waals surface area contributed by atoms with Gasteiger partial charge in [-0.25, -0.2) is 4.39 Å². The number of halogens is 1. The van der Waals surface area contributed by atoms with Crippen LogP contribution in [0.3, 0.4) is 0 Å². The monoisotopic (exact) mass is 201 g/mol. The zero-order valence-corrected chi connectivity index (χ0v) is 7.81. The van der Waals surface area contributed by atoms with Crippen molar-refractivity contribution in [1.82, 2.24) is 4.57 Å². The second-order valence-corrected chi connectivity index (χ2v) is 3.09. The molecule has 0 amide bonds. The fraction of sp³-hybridized carbons (Fsp3) is 0. The van der Waals surface area contributed by atoms with Gasteiger partial charge in [-0.3, -0.25) is 0 Å². The number of hydrogen-bond donors (Lipinski definition) is 1. The van der Waals surface area contributed by atoms with Crippen molar-refractivity contribution in [2.24, 2.45) is 0 Å². The summed E-state index contributed by atoms with van der Waals surface area (Å²) in [6.07, 6.45) is 1.63. The predicted molar refractivity (Wildman–Crippen MR) is 54.9 cm³/mol. The molecule has 1 aromatic carbocycles. The van der Waals surface area contributed by atoms with Gasteiger partial charge in [0, 0.05) is 11.9 Å². The van der Waals surface area contributed by atoms with Crippen LogP contribution in [0.5, 0.6) is 0 Å². The van der Waals surface area contributed by atoms with E-state index in [9.17, 15) is 4.39 Å². The lowest BCUT2D eigenvalue weighted by Gasteiger charge is -2.06. The minimum Gasteiger partial charge on any atom is -0.399 e. The summed E-state index contributed by atoms with van der Waals surface area (Å²) in [5.41, 5.74) is 6.51. The maximum Gasteiger partial charge on any atom is 0.149 e. The van der Waals surface area contributed by atoms with Crippen LogP contribution < -0.4 is 5.73 Å². The van der Waals surface area contributed by atoms with E-state index in [0.717, 1.165) is 0 Å². The number of hydrogen-bond acceptors (Lipinski definition) is 2. The molecule has 1 heterocycles. The van der Waals surface area contributed by atoms with Crippen molar-refractivity contribution < 1.29 is 4.39 Å². The van der Waals surface area contributed by atoms with Gasteiger partial charge in [-0.15, -0.1) is 0 Å². The Balaban J connectivity index is 2.60. The van der Waals surface area contributed by atoms with Gasteiger partial charge in [0.1, 0.15) is 17.6 Å². The van der Waals surface area contributed by atoms with Gasteiger partial charge in [-0.2, -0.15) is 5.26 Å². The van der Waals surface area contributed by atoms with E-state index in [2.05, 4.69) is 0 Å². The zero-order valence-electron chi connectivity index (χ0n) is 7.81. The Bertz CT molecular complexity index is 537. The average Bonchev–Trinajstić information content (AvgIpc) is 2.65. The first-order chi connectivity index (χ1) is 7.22. The van der Waals surface area contributed by atoms with Gasteiger partial charge >= 0.3 is 0 Å². The summed E-state index contributed by atoms with van der Waals surface area (Å²) in [5, 5.41) is 8.80. The molecule has 0 unspecified atom stereocenters. The Morgan fingerprint density at radius 3 is 2.80 bits per heavy atom. The minimum absolute atomic E-state index is 0.325. The molecule has 0 radical (unpaired) electrons. The molecule has 0 atom stereocenters. The van der Waals surface area contributed by atoms with E-state index < -0.39 is 5.82 Å². The lowest BCUT2D eigenvalue weighted by atomic mass is 10.2. The lowest BCUT2D eigenvalue weighted by molar-refractivity contribution is 0.618. The van der Waals surface area contributed by atoms with Crippen LogP contribution in [-0.4, -0.2) is 4.57 Å². The van der Waals surface area contributed by atoms with E-state index >= 15 is 0 Å². The summed E-state index contributed by atoms with van der Waals surface area (Å²) < 4.78 is 15.0. The smallest absolute Gasteiger partial charge is 0.149 e. The molecule has 2 aromatic rings. The Hall–Kier alpha value is -2.28. The number of nitriles is 1. The molecule has 0 bridgehead atoms. The highest BCUT2D eigenvalue weighted by Crippen LogP contribution is 2.18. The summed E-state index contributed by atoms with van der Waals surface area (Å²) in [6, 6.07) is 9.67. The Morgan fingerprint density at radius 2 is 2.13 bits per heavy atom. The minimum atomic E-state index is -0.442. The largest absolute Gasteiger partial charge is 0.399 e. The van der Waals surface area contributed by atoms with Crippen molar-refractivity contribution in [3.8, 4) is 11.8 Å². The van der Waals surface area contributed by atoms with Gasteiger partial charge in [0.25, 0.3) is 0 Å². The molecule has 2 N–H and O–H groups in total. The van der Waals surface area contributed by atoms with E-state index in [4.69, 9.17) is 11.0 Å². The maximum absolute atomic E-state index is 13.5. The molecule has 1 aromatic heterocycles. The summed E-state index contributed by atoms with van der Waals surface area (Å²) in [4.78, 5) is 0. The van der Waals surface area contributed by atoms with Crippen molar-refractivity contribution in [1.29, 1.82) is 5.26 Å². The molecule has 3 nitrogen and oxygen atoms in total. The predicted octanol–water partition coefficient (Wildman–Crippen LogP) is 2.07. The van der Waals surface area contributed by atoms with Gasteiger partial charge in [-0.05, 0) is 30.3 Å². The molecule has 2 rings (SSSR count). The molecule has 0 saturated carbocycles. The van der Waals surface area contributed by atoms with Gasteiger partial charge in [0.15, 0.2) is 0 Å². The molecule has 0 fully saturated rings. The first-order valence-electron chi connectivity index (χ1n) is 4.35. The summed E-state index contributed by atoms with van der Waals surface area (Å²) >= 11 is 0. The van der Waals surface area contributed by atoms with Gasteiger partial charge < -0.3 is 10.3 Å². The van der Waals surface area contributed by atoms with Crippen molar-refractivity contribution in [2.45, 2.75) is 0 Å². The number of nitrogen functional groups attached to an aromatic ring is 1. The summed E-state index contributed by atoms with van der Waals surface area (Å²) in [6.45, 7) is 0. The molecule has 15 heavy (non-hydrogen) atoms. The first kappa shape index (κ1) is 9.28. The highest BCUT2D eigenvalue weighted by atomic mass is 19.1. The third kappa shape index (κ3) is 1.55. The van der Waals surface area contributed by atoms with Crippen LogP contribution in [0.4, 0.5) is 10.1 Å². The molecular weight excluding hydrogens is 193 g/mol. The van der Waals surface area contributed by atoms with Gasteiger partial charge in [0.05, 0.1) is 5.69 Å². The van der Waals surface area contributed by atoms with Gasteiger partial charge in [-0.1, -0.05) is 0 Å². The second kappa shape index (κ2) is 3.46. The van der Waals surface area contributed by atoms with Crippen molar-refractivity contribution in [3.63, 3.8) is 0 Å². The fourth-order valence-electron chi connectivity index (χ4n) is 1.40. The molecule has 0 aliphatic rings. The molecule has 0 aliphatic carbocycles. The Labute approximate surface area is 86.2 Å². The molecule has 4 heteroatoms. The highest BCUT2D eigenvalue weighted by molar-refractivity contribution is 5.48. The molecule has 0 saturated heterocycles. The SMILES string of the molecule is N#Cc1cccn1-c1ccc(N)cc1F. The van der Waals surface area contributed by atoms with E-state index in [1.54, 1.807) is 30.5 Å². The third-order valence-electron chi connectivity index (χ3n) is 2.09. The van der Waals surface area contributed by atoms with Crippen LogP contribution in [0.25, 0.3) is 5.69 Å². The normalized spacial score (nSPS) is 9.87. The van der Waals surface area contributed by atoms with Crippen LogP contribution in [0.2, 0.25) is 0 Å². The number of benzene rings is 1. The maximum atomic E-state index is 13.5. The number of rotatable bonds is 1. The lowest BCUT2D eigenvalue weighted by Crippen LogP contribution is -1.99. The topological polar surface area (TPSA) is 54.7 Å². The van der Waals surface area contributed by atoms with Crippen molar-refractivity contribution in [2.75, 3.05) is 5.73 Å². The van der Waals surface area contributed by atoms with Crippen LogP contribution in [0.1, 0.15) is 5.69 Å². The van der Waals surface area contributed by atoms with Crippen molar-refractivity contribution in [3.05, 3.63) is 48.0 Å². The van der Waals surface area contributed by atoms with Crippen LogP contribution >= 0.6 is 0 Å². The van der Waals surface area contributed by atoms with Crippen LogP contribution in [-0.2, 0) is 0 Å². The molecule has 74 valence electrons. The third-order valence-corrected chi connectivity index (χ3v) is 2.09. The Kier molecular flexibility index (Phi) is 2.14. The number of nitrogens with two attached hydrogens (primary N) is 1. The average molecular weight is 201 g/mol. The van der Waals surface area contributed by atoms with E-state index in [0.29, 0.717) is 17.1 Å². The van der Waals surface area contributed by atoms with E-state index in [-0.39, 0.29) is 0 Å². The summed E-state index contributed by atoms with van der Waals surface area (Å²) in [7, 11) is 0. The summed E-state index contributed by atoms with van der Waals surface area (Å²) in [5.74, 6) is -0.442. The van der Waals surface area contributed by atoms with Crippen LogP contribution in [0, 0.1) is 17.1 Å². The quantitative estimate of drug-likeness (QED) is 0.718. The van der Waals surface area contributed by atoms with E-state index in [1.807, 2.05) is 6.07 Å². The first-order valence-corrected chi connectivity index (χ1v) is 4.35. The highest BCUT2D eigenvalue weighted by Gasteiger charge is 2.07. The number of aromatic nitrogens is 1. The van der Waals surface area contributed by atoms with E-state index in [1.165, 1.54) is 10.6 Å². The number of nitrogens with zero attached hydrogens (tertiary/aromatic N) is 2. The van der Waals surface area contributed by atoms with Gasteiger partial charge in [0.2, 0.25) is 0 Å². The molecular formula is C11H8FN3. The molecule has 0 spiro atoms. The molecule has 0 aliphatic heterocycles. The van der Waals surface area contributed by atoms with Crippen LogP contribution in [0.15, 0.2) is 36.5 Å². The standard InChI is InChI=1S/C11H8FN3/c12-10-6-8(14)3-4-11(10)15-5-1-2-9(15)7-13/h1-6H,14H2. The van der Waals surface area contributed by atoms with Crippen molar-refractivity contribution >= 4 is 5.69 Å².